The molecule has 1 aliphatic carbocycles. The van der Waals surface area contributed by atoms with Crippen molar-refractivity contribution in [2.75, 3.05) is 13.1 Å². The lowest BCUT2D eigenvalue weighted by Crippen LogP contribution is -2.22. The molecule has 1 heterocycles. The van der Waals surface area contributed by atoms with E-state index in [2.05, 4.69) is 33.0 Å². The Bertz CT molecular complexity index is 387. The lowest BCUT2D eigenvalue weighted by Gasteiger charge is -2.17. The van der Waals surface area contributed by atoms with Gasteiger partial charge in [0.2, 0.25) is 0 Å². The van der Waals surface area contributed by atoms with Crippen molar-refractivity contribution in [2.45, 2.75) is 58.8 Å². The van der Waals surface area contributed by atoms with E-state index < -0.39 is 0 Å². The van der Waals surface area contributed by atoms with Crippen molar-refractivity contribution < 1.29 is 0 Å². The molecule has 1 N–H and O–H groups in total. The van der Waals surface area contributed by atoms with Crippen LogP contribution in [0.4, 0.5) is 0 Å². The van der Waals surface area contributed by atoms with Crippen molar-refractivity contribution in [1.29, 1.82) is 0 Å². The fourth-order valence-electron chi connectivity index (χ4n) is 2.59. The zero-order valence-corrected chi connectivity index (χ0v) is 12.1. The summed E-state index contributed by atoms with van der Waals surface area (Å²) in [6.45, 7) is 10.8. The van der Waals surface area contributed by atoms with Crippen LogP contribution in [0.1, 0.15) is 67.7 Å². The summed E-state index contributed by atoms with van der Waals surface area (Å²) in [4.78, 5) is 9.41. The largest absolute Gasteiger partial charge is 0.316 e. The van der Waals surface area contributed by atoms with Gasteiger partial charge in [-0.15, -0.1) is 0 Å². The normalized spacial score (nSPS) is 16.9. The lowest BCUT2D eigenvalue weighted by atomic mass is 9.98. The standard InChI is InChI=1S/C15H25N3/c1-5-8-16-9-10(2)14-11(3)17-15(13-6-7-13)18-12(14)4/h10,13,16H,5-9H2,1-4H3. The minimum absolute atomic E-state index is 0.491. The quantitative estimate of drug-likeness (QED) is 0.785. The van der Waals surface area contributed by atoms with Crippen molar-refractivity contribution in [1.82, 2.24) is 15.3 Å². The molecule has 2 rings (SSSR count). The molecule has 3 nitrogen and oxygen atoms in total. The van der Waals surface area contributed by atoms with Crippen LogP contribution in [0.3, 0.4) is 0 Å². The molecule has 3 heteroatoms. The van der Waals surface area contributed by atoms with Crippen LogP contribution in [0.15, 0.2) is 0 Å². The van der Waals surface area contributed by atoms with Crippen LogP contribution in [0.2, 0.25) is 0 Å². The maximum Gasteiger partial charge on any atom is 0.131 e. The Morgan fingerprint density at radius 1 is 1.22 bits per heavy atom. The van der Waals surface area contributed by atoms with Crippen LogP contribution in [0.25, 0.3) is 0 Å². The highest BCUT2D eigenvalue weighted by Gasteiger charge is 2.28. The molecule has 1 saturated carbocycles. The zero-order chi connectivity index (χ0) is 13.1. The Hall–Kier alpha value is -0.960. The number of nitrogens with one attached hydrogen (secondary N) is 1. The average molecular weight is 247 g/mol. The number of nitrogens with zero attached hydrogens (tertiary/aromatic N) is 2. The predicted molar refractivity (Wildman–Crippen MR) is 75.1 cm³/mol. The van der Waals surface area contributed by atoms with E-state index in [0.717, 1.165) is 18.9 Å². The molecule has 1 atom stereocenters. The highest BCUT2D eigenvalue weighted by Crippen LogP contribution is 2.38. The van der Waals surface area contributed by atoms with E-state index in [-0.39, 0.29) is 0 Å². The fourth-order valence-corrected chi connectivity index (χ4v) is 2.59. The van der Waals surface area contributed by atoms with Crippen molar-refractivity contribution >= 4 is 0 Å². The maximum absolute atomic E-state index is 4.71. The molecule has 0 radical (unpaired) electrons. The Kier molecular flexibility index (Phi) is 4.33. The summed E-state index contributed by atoms with van der Waals surface area (Å²) in [6.07, 6.45) is 3.72. The number of hydrogen-bond acceptors (Lipinski definition) is 3. The number of hydrogen-bond donors (Lipinski definition) is 1. The van der Waals surface area contributed by atoms with Gasteiger partial charge in [-0.05, 0) is 51.1 Å². The molecular weight excluding hydrogens is 222 g/mol. The first kappa shape index (κ1) is 13.5. The third-order valence-electron chi connectivity index (χ3n) is 3.66. The zero-order valence-electron chi connectivity index (χ0n) is 12.1. The second-order valence-electron chi connectivity index (χ2n) is 5.55. The van der Waals surface area contributed by atoms with E-state index in [1.165, 1.54) is 36.2 Å². The first-order valence-corrected chi connectivity index (χ1v) is 7.19. The summed E-state index contributed by atoms with van der Waals surface area (Å²) in [5, 5.41) is 3.48. The second kappa shape index (κ2) is 5.79. The van der Waals surface area contributed by atoms with Gasteiger partial charge in [0.05, 0.1) is 0 Å². The summed E-state index contributed by atoms with van der Waals surface area (Å²) in [6, 6.07) is 0. The summed E-state index contributed by atoms with van der Waals surface area (Å²) in [5.41, 5.74) is 3.69. The molecule has 18 heavy (non-hydrogen) atoms. The van der Waals surface area contributed by atoms with Gasteiger partial charge < -0.3 is 5.32 Å². The maximum atomic E-state index is 4.71. The van der Waals surface area contributed by atoms with Crippen LogP contribution in [0, 0.1) is 13.8 Å². The Labute approximate surface area is 110 Å². The molecule has 0 spiro atoms. The van der Waals surface area contributed by atoms with Gasteiger partial charge >= 0.3 is 0 Å². The minimum Gasteiger partial charge on any atom is -0.316 e. The van der Waals surface area contributed by atoms with E-state index in [9.17, 15) is 0 Å². The Morgan fingerprint density at radius 3 is 2.33 bits per heavy atom. The second-order valence-corrected chi connectivity index (χ2v) is 5.55. The van der Waals surface area contributed by atoms with Gasteiger partial charge in [0.15, 0.2) is 0 Å². The fraction of sp³-hybridized carbons (Fsp3) is 0.733. The van der Waals surface area contributed by atoms with Crippen LogP contribution in [-0.2, 0) is 0 Å². The topological polar surface area (TPSA) is 37.8 Å². The highest BCUT2D eigenvalue weighted by molar-refractivity contribution is 5.29. The summed E-state index contributed by atoms with van der Waals surface area (Å²) < 4.78 is 0. The van der Waals surface area contributed by atoms with E-state index in [1.807, 2.05) is 0 Å². The van der Waals surface area contributed by atoms with Crippen LogP contribution < -0.4 is 5.32 Å². The number of rotatable bonds is 6. The van der Waals surface area contributed by atoms with Crippen LogP contribution in [-0.4, -0.2) is 23.1 Å². The molecule has 0 aliphatic heterocycles. The Morgan fingerprint density at radius 2 is 1.83 bits per heavy atom. The Balaban J connectivity index is 2.11. The van der Waals surface area contributed by atoms with E-state index in [4.69, 9.17) is 9.97 Å². The van der Waals surface area contributed by atoms with E-state index in [0.29, 0.717) is 11.8 Å². The molecule has 0 saturated heterocycles. The molecule has 1 unspecified atom stereocenters. The van der Waals surface area contributed by atoms with E-state index >= 15 is 0 Å². The SMILES string of the molecule is CCCNCC(C)c1c(C)nc(C2CC2)nc1C. The lowest BCUT2D eigenvalue weighted by molar-refractivity contribution is 0.599. The molecule has 0 aromatic carbocycles. The monoisotopic (exact) mass is 247 g/mol. The van der Waals surface area contributed by atoms with Gasteiger partial charge in [-0.3, -0.25) is 0 Å². The molecule has 1 fully saturated rings. The van der Waals surface area contributed by atoms with Gasteiger partial charge in [0.25, 0.3) is 0 Å². The molecular formula is C15H25N3. The van der Waals surface area contributed by atoms with Gasteiger partial charge in [0.1, 0.15) is 5.82 Å². The van der Waals surface area contributed by atoms with Crippen LogP contribution >= 0.6 is 0 Å². The third-order valence-corrected chi connectivity index (χ3v) is 3.66. The van der Waals surface area contributed by atoms with Gasteiger partial charge in [-0.2, -0.15) is 0 Å². The van der Waals surface area contributed by atoms with Crippen molar-refractivity contribution in [3.8, 4) is 0 Å². The van der Waals surface area contributed by atoms with E-state index in [1.54, 1.807) is 0 Å². The van der Waals surface area contributed by atoms with Gasteiger partial charge in [0, 0.05) is 23.9 Å². The van der Waals surface area contributed by atoms with Gasteiger partial charge in [-0.25, -0.2) is 9.97 Å². The van der Waals surface area contributed by atoms with Crippen molar-refractivity contribution in [3.05, 3.63) is 22.8 Å². The summed E-state index contributed by atoms with van der Waals surface area (Å²) >= 11 is 0. The van der Waals surface area contributed by atoms with Crippen molar-refractivity contribution in [3.63, 3.8) is 0 Å². The highest BCUT2D eigenvalue weighted by atomic mass is 14.9. The molecule has 0 amide bonds. The summed E-state index contributed by atoms with van der Waals surface area (Å²) in [7, 11) is 0. The summed E-state index contributed by atoms with van der Waals surface area (Å²) in [5.74, 6) is 2.21. The first-order valence-electron chi connectivity index (χ1n) is 7.19. The molecule has 1 aliphatic rings. The smallest absolute Gasteiger partial charge is 0.131 e. The number of aryl methyl sites for hydroxylation is 2. The third kappa shape index (κ3) is 3.08. The molecule has 100 valence electrons. The van der Waals surface area contributed by atoms with Crippen molar-refractivity contribution in [2.24, 2.45) is 0 Å². The van der Waals surface area contributed by atoms with Gasteiger partial charge in [-0.1, -0.05) is 13.8 Å². The average Bonchev–Trinajstić information content (AvgIpc) is 3.12. The predicted octanol–water partition coefficient (Wildman–Crippen LogP) is 3.07. The van der Waals surface area contributed by atoms with Crippen LogP contribution in [0.5, 0.6) is 0 Å². The first-order chi connectivity index (χ1) is 8.63. The number of aromatic nitrogens is 2. The molecule has 1 aromatic rings. The molecule has 0 bridgehead atoms. The molecule has 1 aromatic heterocycles. The minimum atomic E-state index is 0.491.